The summed E-state index contributed by atoms with van der Waals surface area (Å²) >= 11 is 0. The Morgan fingerprint density at radius 1 is 0.912 bits per heavy atom. The number of piperazine rings is 1. The van der Waals surface area contributed by atoms with Gasteiger partial charge in [-0.1, -0.05) is 24.3 Å². The van der Waals surface area contributed by atoms with E-state index in [9.17, 15) is 14.4 Å². The maximum absolute atomic E-state index is 12.9. The standard InChI is InChI=1S/C25H28N4O5/c30-23(27-19-6-2-1-5-18(19)24(31)26-17-9-10-17)15-28-11-13-29(14-12-28)25(32)22-16-33-20-7-3-4-8-21(20)34-22/h1-8,17,22H,9-16H2,(H,26,31)(H,27,30). The van der Waals surface area contributed by atoms with E-state index in [0.29, 0.717) is 48.9 Å². The summed E-state index contributed by atoms with van der Waals surface area (Å²) in [5.74, 6) is 0.769. The van der Waals surface area contributed by atoms with E-state index in [2.05, 4.69) is 10.6 Å². The van der Waals surface area contributed by atoms with Gasteiger partial charge >= 0.3 is 0 Å². The van der Waals surface area contributed by atoms with Crippen LogP contribution in [0.4, 0.5) is 5.69 Å². The molecule has 2 aromatic carbocycles. The molecule has 1 saturated carbocycles. The van der Waals surface area contributed by atoms with Crippen molar-refractivity contribution in [1.29, 1.82) is 0 Å². The zero-order valence-corrected chi connectivity index (χ0v) is 18.9. The van der Waals surface area contributed by atoms with Crippen molar-refractivity contribution in [3.8, 4) is 11.5 Å². The van der Waals surface area contributed by atoms with E-state index in [4.69, 9.17) is 9.47 Å². The lowest BCUT2D eigenvalue weighted by Gasteiger charge is -2.36. The summed E-state index contributed by atoms with van der Waals surface area (Å²) in [5.41, 5.74) is 0.976. The smallest absolute Gasteiger partial charge is 0.267 e. The van der Waals surface area contributed by atoms with Crippen molar-refractivity contribution in [3.63, 3.8) is 0 Å². The molecular weight excluding hydrogens is 436 g/mol. The summed E-state index contributed by atoms with van der Waals surface area (Å²) in [6.45, 7) is 2.55. The van der Waals surface area contributed by atoms with Gasteiger partial charge < -0.3 is 25.0 Å². The van der Waals surface area contributed by atoms with Crippen LogP contribution in [0.5, 0.6) is 11.5 Å². The van der Waals surface area contributed by atoms with Crippen LogP contribution in [-0.4, -0.2) is 79.0 Å². The van der Waals surface area contributed by atoms with Crippen LogP contribution in [0.25, 0.3) is 0 Å². The summed E-state index contributed by atoms with van der Waals surface area (Å²) in [5, 5.41) is 5.82. The molecule has 0 bridgehead atoms. The van der Waals surface area contributed by atoms with Gasteiger partial charge in [0.05, 0.1) is 17.8 Å². The minimum absolute atomic E-state index is 0.103. The number of nitrogens with one attached hydrogen (secondary N) is 2. The third kappa shape index (κ3) is 5.14. The average Bonchev–Trinajstić information content (AvgIpc) is 3.68. The van der Waals surface area contributed by atoms with E-state index in [1.807, 2.05) is 23.1 Å². The molecule has 9 heteroatoms. The summed E-state index contributed by atoms with van der Waals surface area (Å²) in [7, 11) is 0. The van der Waals surface area contributed by atoms with Gasteiger partial charge in [-0.2, -0.15) is 0 Å². The van der Waals surface area contributed by atoms with Crippen LogP contribution in [0.15, 0.2) is 48.5 Å². The molecule has 178 valence electrons. The minimum Gasteiger partial charge on any atom is -0.485 e. The number of ether oxygens (including phenoxy) is 2. The van der Waals surface area contributed by atoms with Gasteiger partial charge in [-0.15, -0.1) is 0 Å². The first kappa shape index (κ1) is 22.2. The van der Waals surface area contributed by atoms with Gasteiger partial charge in [0.1, 0.15) is 6.61 Å². The number of rotatable bonds is 6. The molecule has 3 aliphatic rings. The predicted molar refractivity (Wildman–Crippen MR) is 125 cm³/mol. The molecule has 1 unspecified atom stereocenters. The fraction of sp³-hybridized carbons (Fsp3) is 0.400. The first-order valence-corrected chi connectivity index (χ1v) is 11.7. The minimum atomic E-state index is -0.664. The fourth-order valence-electron chi connectivity index (χ4n) is 4.14. The second-order valence-corrected chi connectivity index (χ2v) is 8.81. The van der Waals surface area contributed by atoms with Crippen LogP contribution in [0.2, 0.25) is 0 Å². The third-order valence-corrected chi connectivity index (χ3v) is 6.19. The normalized spacial score (nSPS) is 19.9. The zero-order chi connectivity index (χ0) is 23.5. The third-order valence-electron chi connectivity index (χ3n) is 6.19. The number of carbonyl (C=O) groups is 3. The molecule has 2 fully saturated rings. The van der Waals surface area contributed by atoms with E-state index in [1.54, 1.807) is 35.2 Å². The van der Waals surface area contributed by atoms with Gasteiger partial charge in [0.25, 0.3) is 11.8 Å². The molecule has 3 amide bonds. The van der Waals surface area contributed by atoms with Gasteiger partial charge in [0.15, 0.2) is 11.5 Å². The van der Waals surface area contributed by atoms with Crippen LogP contribution >= 0.6 is 0 Å². The second kappa shape index (κ2) is 9.72. The molecule has 1 atom stereocenters. The molecule has 5 rings (SSSR count). The summed E-state index contributed by atoms with van der Waals surface area (Å²) in [6.07, 6.45) is 1.34. The predicted octanol–water partition coefficient (Wildman–Crippen LogP) is 1.50. The largest absolute Gasteiger partial charge is 0.485 e. The quantitative estimate of drug-likeness (QED) is 0.672. The number of anilines is 1. The highest BCUT2D eigenvalue weighted by Gasteiger charge is 2.33. The van der Waals surface area contributed by atoms with E-state index >= 15 is 0 Å². The Kier molecular flexibility index (Phi) is 6.35. The topological polar surface area (TPSA) is 100 Å². The first-order valence-electron chi connectivity index (χ1n) is 11.7. The SMILES string of the molecule is O=C(CN1CCN(C(=O)C2COc3ccccc3O2)CC1)Nc1ccccc1C(=O)NC1CC1. The number of amides is 3. The van der Waals surface area contributed by atoms with E-state index in [1.165, 1.54) is 0 Å². The summed E-state index contributed by atoms with van der Waals surface area (Å²) in [4.78, 5) is 41.8. The lowest BCUT2D eigenvalue weighted by Crippen LogP contribution is -2.54. The number of benzene rings is 2. The second-order valence-electron chi connectivity index (χ2n) is 8.81. The molecule has 9 nitrogen and oxygen atoms in total. The van der Waals surface area contributed by atoms with Crippen molar-refractivity contribution >= 4 is 23.4 Å². The van der Waals surface area contributed by atoms with Gasteiger partial charge in [-0.05, 0) is 37.1 Å². The Morgan fingerprint density at radius 2 is 1.62 bits per heavy atom. The van der Waals surface area contributed by atoms with Crippen molar-refractivity contribution in [3.05, 3.63) is 54.1 Å². The van der Waals surface area contributed by atoms with Crippen molar-refractivity contribution in [2.75, 3.05) is 44.6 Å². The Balaban J connectivity index is 1.10. The van der Waals surface area contributed by atoms with Crippen LogP contribution in [0, 0.1) is 0 Å². The maximum atomic E-state index is 12.9. The summed E-state index contributed by atoms with van der Waals surface area (Å²) < 4.78 is 11.5. The maximum Gasteiger partial charge on any atom is 0.267 e. The molecule has 2 aromatic rings. The van der Waals surface area contributed by atoms with Crippen LogP contribution in [0.3, 0.4) is 0 Å². The van der Waals surface area contributed by atoms with Crippen molar-refractivity contribution in [2.24, 2.45) is 0 Å². The average molecular weight is 465 g/mol. The highest BCUT2D eigenvalue weighted by Crippen LogP contribution is 2.31. The Hall–Kier alpha value is -3.59. The van der Waals surface area contributed by atoms with Crippen LogP contribution < -0.4 is 20.1 Å². The molecule has 1 saturated heterocycles. The Morgan fingerprint density at radius 3 is 2.38 bits per heavy atom. The first-order chi connectivity index (χ1) is 16.6. The van der Waals surface area contributed by atoms with Crippen LogP contribution in [0.1, 0.15) is 23.2 Å². The molecule has 0 aromatic heterocycles. The van der Waals surface area contributed by atoms with Gasteiger partial charge in [-0.25, -0.2) is 0 Å². The van der Waals surface area contributed by atoms with Gasteiger partial charge in [-0.3, -0.25) is 19.3 Å². The molecule has 2 N–H and O–H groups in total. The molecule has 34 heavy (non-hydrogen) atoms. The van der Waals surface area contributed by atoms with Gasteiger partial charge in [0, 0.05) is 32.2 Å². The van der Waals surface area contributed by atoms with Crippen molar-refractivity contribution in [1.82, 2.24) is 15.1 Å². The Bertz CT molecular complexity index is 1080. The lowest BCUT2D eigenvalue weighted by atomic mass is 10.1. The monoisotopic (exact) mass is 464 g/mol. The molecule has 1 aliphatic carbocycles. The fourth-order valence-corrected chi connectivity index (χ4v) is 4.14. The van der Waals surface area contributed by atoms with Crippen molar-refractivity contribution < 1.29 is 23.9 Å². The number of carbonyl (C=O) groups excluding carboxylic acids is 3. The van der Waals surface area contributed by atoms with Crippen LogP contribution in [-0.2, 0) is 9.59 Å². The highest BCUT2D eigenvalue weighted by atomic mass is 16.6. The lowest BCUT2D eigenvalue weighted by molar-refractivity contribution is -0.143. The number of nitrogens with zero attached hydrogens (tertiary/aromatic N) is 2. The zero-order valence-electron chi connectivity index (χ0n) is 18.9. The number of hydrogen-bond acceptors (Lipinski definition) is 6. The Labute approximate surface area is 198 Å². The number of para-hydroxylation sites is 3. The number of hydrogen-bond donors (Lipinski definition) is 2. The molecular formula is C25H28N4O5. The van der Waals surface area contributed by atoms with Gasteiger partial charge in [0.2, 0.25) is 12.0 Å². The van der Waals surface area contributed by atoms with Crippen molar-refractivity contribution in [2.45, 2.75) is 25.0 Å². The van der Waals surface area contributed by atoms with E-state index in [-0.39, 0.29) is 36.9 Å². The number of fused-ring (bicyclic) bond motifs is 1. The molecule has 2 heterocycles. The molecule has 2 aliphatic heterocycles. The summed E-state index contributed by atoms with van der Waals surface area (Å²) in [6, 6.07) is 14.6. The highest BCUT2D eigenvalue weighted by molar-refractivity contribution is 6.04. The van der Waals surface area contributed by atoms with E-state index < -0.39 is 6.10 Å². The van der Waals surface area contributed by atoms with E-state index in [0.717, 1.165) is 12.8 Å². The molecule has 0 radical (unpaired) electrons. The molecule has 0 spiro atoms.